The molecule has 0 saturated carbocycles. The maximum Gasteiger partial charge on any atom is 0.200 e. The van der Waals surface area contributed by atoms with Gasteiger partial charge in [-0.3, -0.25) is 0 Å². The topological polar surface area (TPSA) is 95.6 Å². The summed E-state index contributed by atoms with van der Waals surface area (Å²) in [5, 5.41) is 4.54. The number of hydrogen-bond donors (Lipinski definition) is 1. The van der Waals surface area contributed by atoms with Crippen LogP contribution < -0.4 is 5.73 Å². The van der Waals surface area contributed by atoms with Crippen LogP contribution in [0.4, 0.5) is 10.2 Å². The molecule has 148 valence electrons. The first-order chi connectivity index (χ1) is 13.8. The third kappa shape index (κ3) is 3.87. The summed E-state index contributed by atoms with van der Waals surface area (Å²) in [5.74, 6) is 1.90. The van der Waals surface area contributed by atoms with Crippen molar-refractivity contribution in [2.45, 2.75) is 32.7 Å². The third-order valence-electron chi connectivity index (χ3n) is 4.32. The number of nitrogens with zero attached hydrogens (tertiary/aromatic N) is 5. The van der Waals surface area contributed by atoms with Crippen molar-refractivity contribution in [3.05, 3.63) is 65.9 Å². The molecule has 7 nitrogen and oxygen atoms in total. The van der Waals surface area contributed by atoms with E-state index in [1.165, 1.54) is 6.07 Å². The van der Waals surface area contributed by atoms with Gasteiger partial charge in [-0.1, -0.05) is 45.0 Å². The zero-order valence-electron chi connectivity index (χ0n) is 16.4. The molecule has 0 bridgehead atoms. The van der Waals surface area contributed by atoms with Crippen molar-refractivity contribution in [3.63, 3.8) is 0 Å². The van der Waals surface area contributed by atoms with Gasteiger partial charge in [0.1, 0.15) is 17.3 Å². The van der Waals surface area contributed by atoms with Crippen LogP contribution in [0.5, 0.6) is 0 Å². The van der Waals surface area contributed by atoms with Crippen molar-refractivity contribution in [2.75, 3.05) is 5.73 Å². The van der Waals surface area contributed by atoms with E-state index >= 15 is 0 Å². The molecule has 3 aromatic heterocycles. The molecule has 2 N–H and O–H groups in total. The van der Waals surface area contributed by atoms with Crippen LogP contribution in [-0.2, 0) is 12.0 Å². The second kappa shape index (κ2) is 7.12. The van der Waals surface area contributed by atoms with Crippen LogP contribution in [-0.4, -0.2) is 24.7 Å². The van der Waals surface area contributed by atoms with E-state index in [1.807, 2.05) is 20.8 Å². The van der Waals surface area contributed by atoms with Crippen molar-refractivity contribution < 1.29 is 8.81 Å². The maximum absolute atomic E-state index is 14.2. The summed E-state index contributed by atoms with van der Waals surface area (Å²) in [4.78, 5) is 13.2. The number of nitrogens with two attached hydrogens (primary N) is 1. The number of nitrogen functional groups attached to an aromatic ring is 1. The first-order valence-electron chi connectivity index (χ1n) is 9.19. The molecule has 29 heavy (non-hydrogen) atoms. The fourth-order valence-corrected chi connectivity index (χ4v) is 2.83. The van der Waals surface area contributed by atoms with E-state index in [9.17, 15) is 4.39 Å². The van der Waals surface area contributed by atoms with E-state index in [1.54, 1.807) is 47.3 Å². The lowest BCUT2D eigenvalue weighted by Gasteiger charge is -2.12. The number of halogens is 1. The van der Waals surface area contributed by atoms with E-state index in [0.29, 0.717) is 40.4 Å². The Morgan fingerprint density at radius 1 is 1.07 bits per heavy atom. The van der Waals surface area contributed by atoms with Gasteiger partial charge in [-0.05, 0) is 18.2 Å². The molecule has 0 atom stereocenters. The predicted octanol–water partition coefficient (Wildman–Crippen LogP) is 4.06. The molecule has 0 saturated heterocycles. The smallest absolute Gasteiger partial charge is 0.200 e. The lowest BCUT2D eigenvalue weighted by molar-refractivity contribution is 0.396. The van der Waals surface area contributed by atoms with Gasteiger partial charge in [-0.2, -0.15) is 0 Å². The molecule has 1 aromatic carbocycles. The van der Waals surface area contributed by atoms with Crippen LogP contribution >= 0.6 is 0 Å². The number of aromatic nitrogens is 5. The SMILES string of the molecule is CC(C)(C)c1ncc(-c2nc(-c3cccc(N)n3)nn2Cc2ccccc2F)o1. The second-order valence-corrected chi connectivity index (χ2v) is 7.74. The lowest BCUT2D eigenvalue weighted by atomic mass is 9.97. The van der Waals surface area contributed by atoms with Gasteiger partial charge in [0.05, 0.1) is 12.7 Å². The highest BCUT2D eigenvalue weighted by Crippen LogP contribution is 2.28. The first kappa shape index (κ1) is 18.8. The average Bonchev–Trinajstić information content (AvgIpc) is 3.30. The summed E-state index contributed by atoms with van der Waals surface area (Å²) < 4.78 is 21.8. The molecule has 0 fully saturated rings. The highest BCUT2D eigenvalue weighted by Gasteiger charge is 2.24. The summed E-state index contributed by atoms with van der Waals surface area (Å²) in [6.45, 7) is 6.21. The third-order valence-corrected chi connectivity index (χ3v) is 4.32. The Labute approximate surface area is 167 Å². The van der Waals surface area contributed by atoms with E-state index in [-0.39, 0.29) is 17.8 Å². The fraction of sp³-hybridized carbons (Fsp3) is 0.238. The van der Waals surface area contributed by atoms with E-state index in [2.05, 4.69) is 20.1 Å². The van der Waals surface area contributed by atoms with Crippen LogP contribution in [0, 0.1) is 5.82 Å². The molecular weight excluding hydrogens is 371 g/mol. The number of pyridine rings is 1. The van der Waals surface area contributed by atoms with E-state index in [0.717, 1.165) is 0 Å². The van der Waals surface area contributed by atoms with Gasteiger partial charge in [0, 0.05) is 11.0 Å². The van der Waals surface area contributed by atoms with Crippen molar-refractivity contribution >= 4 is 5.82 Å². The summed E-state index contributed by atoms with van der Waals surface area (Å²) in [6, 6.07) is 11.8. The summed E-state index contributed by atoms with van der Waals surface area (Å²) in [7, 11) is 0. The minimum absolute atomic E-state index is 0.183. The average molecular weight is 392 g/mol. The highest BCUT2D eigenvalue weighted by atomic mass is 19.1. The summed E-state index contributed by atoms with van der Waals surface area (Å²) in [6.07, 6.45) is 1.61. The minimum atomic E-state index is -0.314. The molecule has 0 spiro atoms. The summed E-state index contributed by atoms with van der Waals surface area (Å²) in [5.41, 5.74) is 6.55. The van der Waals surface area contributed by atoms with Crippen molar-refractivity contribution in [1.82, 2.24) is 24.7 Å². The van der Waals surface area contributed by atoms with Gasteiger partial charge in [0.2, 0.25) is 5.82 Å². The number of rotatable bonds is 4. The Bertz CT molecular complexity index is 1160. The van der Waals surface area contributed by atoms with Crippen LogP contribution in [0.15, 0.2) is 53.1 Å². The van der Waals surface area contributed by atoms with Crippen molar-refractivity contribution in [2.24, 2.45) is 0 Å². The van der Waals surface area contributed by atoms with E-state index in [4.69, 9.17) is 10.2 Å². The van der Waals surface area contributed by atoms with Gasteiger partial charge in [0.25, 0.3) is 0 Å². The fourth-order valence-electron chi connectivity index (χ4n) is 2.83. The molecule has 4 rings (SSSR count). The maximum atomic E-state index is 14.2. The number of benzene rings is 1. The molecule has 0 aliphatic carbocycles. The molecule has 3 heterocycles. The lowest BCUT2D eigenvalue weighted by Crippen LogP contribution is -2.11. The van der Waals surface area contributed by atoms with E-state index < -0.39 is 0 Å². The van der Waals surface area contributed by atoms with Gasteiger partial charge in [-0.25, -0.2) is 24.0 Å². The number of oxazole rings is 1. The first-order valence-corrected chi connectivity index (χ1v) is 9.19. The number of anilines is 1. The molecule has 0 unspecified atom stereocenters. The molecule has 0 radical (unpaired) electrons. The highest BCUT2D eigenvalue weighted by molar-refractivity contribution is 5.57. The molecule has 4 aromatic rings. The number of hydrogen-bond acceptors (Lipinski definition) is 6. The van der Waals surface area contributed by atoms with Crippen molar-refractivity contribution in [1.29, 1.82) is 0 Å². The normalized spacial score (nSPS) is 11.7. The van der Waals surface area contributed by atoms with Gasteiger partial charge < -0.3 is 10.2 Å². The van der Waals surface area contributed by atoms with Crippen LogP contribution in [0.3, 0.4) is 0 Å². The predicted molar refractivity (Wildman–Crippen MR) is 107 cm³/mol. The molecule has 0 amide bonds. The Morgan fingerprint density at radius 3 is 2.55 bits per heavy atom. The zero-order valence-corrected chi connectivity index (χ0v) is 16.4. The molecule has 0 aliphatic heterocycles. The van der Waals surface area contributed by atoms with Gasteiger partial charge in [-0.15, -0.1) is 5.10 Å². The molecule has 8 heteroatoms. The standard InChI is InChI=1S/C21H21FN6O/c1-21(2,3)20-24-11-16(29-20)19-26-18(15-9-6-10-17(23)25-15)27-28(19)12-13-7-4-5-8-14(13)22/h4-11H,12H2,1-3H3,(H2,23,25). The molecular formula is C21H21FN6O. The Morgan fingerprint density at radius 2 is 1.86 bits per heavy atom. The Kier molecular flexibility index (Phi) is 4.62. The molecule has 0 aliphatic rings. The second-order valence-electron chi connectivity index (χ2n) is 7.74. The van der Waals surface area contributed by atoms with Crippen LogP contribution in [0.2, 0.25) is 0 Å². The van der Waals surface area contributed by atoms with Crippen molar-refractivity contribution in [3.8, 4) is 23.1 Å². The summed E-state index contributed by atoms with van der Waals surface area (Å²) >= 11 is 0. The Balaban J connectivity index is 1.81. The van der Waals surface area contributed by atoms with Crippen LogP contribution in [0.1, 0.15) is 32.2 Å². The van der Waals surface area contributed by atoms with Gasteiger partial charge in [0.15, 0.2) is 17.5 Å². The van der Waals surface area contributed by atoms with Crippen LogP contribution in [0.25, 0.3) is 23.1 Å². The minimum Gasteiger partial charge on any atom is -0.437 e. The quantitative estimate of drug-likeness (QED) is 0.563. The monoisotopic (exact) mass is 392 g/mol. The van der Waals surface area contributed by atoms with Gasteiger partial charge >= 0.3 is 0 Å². The zero-order chi connectivity index (χ0) is 20.6. The largest absolute Gasteiger partial charge is 0.437 e. The Hall–Kier alpha value is -3.55.